The molecule has 0 heterocycles. The first kappa shape index (κ1) is 12.4. The Morgan fingerprint density at radius 2 is 2.00 bits per heavy atom. The van der Waals surface area contributed by atoms with Gasteiger partial charge in [-0.25, -0.2) is 0 Å². The van der Waals surface area contributed by atoms with Crippen molar-refractivity contribution in [2.75, 3.05) is 0 Å². The molecule has 0 aromatic heterocycles. The van der Waals surface area contributed by atoms with E-state index in [0.717, 1.165) is 19.3 Å². The largest absolute Gasteiger partial charge is 0.436 e. The van der Waals surface area contributed by atoms with Crippen molar-refractivity contribution in [3.05, 3.63) is 0 Å². The highest BCUT2D eigenvalue weighted by atomic mass is 16.7. The van der Waals surface area contributed by atoms with Crippen molar-refractivity contribution in [1.82, 2.24) is 0 Å². The summed E-state index contributed by atoms with van der Waals surface area (Å²) in [7, 11) is 0. The minimum atomic E-state index is -0.427. The van der Waals surface area contributed by atoms with E-state index in [2.05, 4.69) is 6.92 Å². The number of carbonyl (C=O) groups is 1. The highest BCUT2D eigenvalue weighted by Crippen LogP contribution is 2.07. The van der Waals surface area contributed by atoms with Crippen LogP contribution in [0.4, 0.5) is 0 Å². The molecule has 0 aliphatic heterocycles. The minimum absolute atomic E-state index is 0.161. The lowest BCUT2D eigenvalue weighted by atomic mass is 10.2. The van der Waals surface area contributed by atoms with Crippen LogP contribution >= 0.6 is 0 Å². The molecule has 13 heavy (non-hydrogen) atoms. The van der Waals surface area contributed by atoms with Gasteiger partial charge >= 0.3 is 5.97 Å². The molecule has 0 rings (SSSR count). The maximum Gasteiger partial charge on any atom is 0.304 e. The summed E-state index contributed by atoms with van der Waals surface area (Å²) in [4.78, 5) is 10.5. The third kappa shape index (κ3) is 7.78. The van der Waals surface area contributed by atoms with E-state index in [-0.39, 0.29) is 12.1 Å². The molecule has 0 saturated carbocycles. The first-order chi connectivity index (χ1) is 6.06. The van der Waals surface area contributed by atoms with Gasteiger partial charge in [0.15, 0.2) is 6.29 Å². The second-order valence-electron chi connectivity index (χ2n) is 3.27. The zero-order valence-electron chi connectivity index (χ0n) is 9.00. The van der Waals surface area contributed by atoms with Crippen LogP contribution in [-0.4, -0.2) is 18.4 Å². The van der Waals surface area contributed by atoms with E-state index in [1.54, 1.807) is 6.92 Å². The number of carbonyl (C=O) groups excluding carboxylic acids is 1. The SMILES string of the molecule is CCCCC(C)OC(C)OC(C)=O. The molecular weight excluding hydrogens is 168 g/mol. The lowest BCUT2D eigenvalue weighted by Gasteiger charge is -2.18. The summed E-state index contributed by atoms with van der Waals surface area (Å²) in [6, 6.07) is 0. The fraction of sp³-hybridized carbons (Fsp3) is 0.900. The van der Waals surface area contributed by atoms with Gasteiger partial charge in [-0.2, -0.15) is 0 Å². The monoisotopic (exact) mass is 188 g/mol. The van der Waals surface area contributed by atoms with Crippen molar-refractivity contribution in [2.24, 2.45) is 0 Å². The third-order valence-corrected chi connectivity index (χ3v) is 1.72. The first-order valence-corrected chi connectivity index (χ1v) is 4.89. The zero-order chi connectivity index (χ0) is 10.3. The number of esters is 1. The van der Waals surface area contributed by atoms with Crippen LogP contribution in [0.15, 0.2) is 0 Å². The quantitative estimate of drug-likeness (QED) is 0.474. The molecule has 0 spiro atoms. The van der Waals surface area contributed by atoms with Gasteiger partial charge < -0.3 is 9.47 Å². The van der Waals surface area contributed by atoms with Gasteiger partial charge in [0, 0.05) is 6.92 Å². The van der Waals surface area contributed by atoms with E-state index in [1.807, 2.05) is 6.92 Å². The van der Waals surface area contributed by atoms with Gasteiger partial charge in [0.05, 0.1) is 6.10 Å². The fourth-order valence-electron chi connectivity index (χ4n) is 1.15. The Balaban J connectivity index is 3.52. The minimum Gasteiger partial charge on any atom is -0.436 e. The summed E-state index contributed by atoms with van der Waals surface area (Å²) in [5.41, 5.74) is 0. The van der Waals surface area contributed by atoms with E-state index in [1.165, 1.54) is 6.92 Å². The standard InChI is InChI=1S/C10H20O3/c1-5-6-7-8(2)12-10(4)13-9(3)11/h8,10H,5-7H2,1-4H3. The van der Waals surface area contributed by atoms with Crippen LogP contribution < -0.4 is 0 Å². The second-order valence-corrected chi connectivity index (χ2v) is 3.27. The van der Waals surface area contributed by atoms with E-state index in [4.69, 9.17) is 9.47 Å². The molecule has 0 radical (unpaired) electrons. The van der Waals surface area contributed by atoms with Crippen LogP contribution in [0.1, 0.15) is 47.0 Å². The highest BCUT2D eigenvalue weighted by molar-refractivity contribution is 5.65. The molecule has 78 valence electrons. The Bertz CT molecular complexity index is 145. The lowest BCUT2D eigenvalue weighted by Crippen LogP contribution is -2.21. The predicted octanol–water partition coefficient (Wildman–Crippen LogP) is 2.49. The van der Waals surface area contributed by atoms with Crippen molar-refractivity contribution in [1.29, 1.82) is 0 Å². The maximum atomic E-state index is 10.5. The van der Waals surface area contributed by atoms with E-state index >= 15 is 0 Å². The number of ether oxygens (including phenoxy) is 2. The van der Waals surface area contributed by atoms with Crippen molar-refractivity contribution in [2.45, 2.75) is 59.4 Å². The van der Waals surface area contributed by atoms with Crippen LogP contribution in [0.25, 0.3) is 0 Å². The topological polar surface area (TPSA) is 35.5 Å². The van der Waals surface area contributed by atoms with Crippen LogP contribution in [-0.2, 0) is 14.3 Å². The van der Waals surface area contributed by atoms with Crippen molar-refractivity contribution in [3.63, 3.8) is 0 Å². The average Bonchev–Trinajstić information content (AvgIpc) is 1.98. The number of rotatable bonds is 6. The van der Waals surface area contributed by atoms with Crippen molar-refractivity contribution in [3.8, 4) is 0 Å². The third-order valence-electron chi connectivity index (χ3n) is 1.72. The first-order valence-electron chi connectivity index (χ1n) is 4.89. The zero-order valence-corrected chi connectivity index (χ0v) is 9.00. The Labute approximate surface area is 80.4 Å². The summed E-state index contributed by atoms with van der Waals surface area (Å²) < 4.78 is 10.3. The Hall–Kier alpha value is -0.570. The van der Waals surface area contributed by atoms with E-state index in [9.17, 15) is 4.79 Å². The van der Waals surface area contributed by atoms with Crippen LogP contribution in [0.3, 0.4) is 0 Å². The van der Waals surface area contributed by atoms with Gasteiger partial charge in [-0.15, -0.1) is 0 Å². The van der Waals surface area contributed by atoms with Crippen LogP contribution in [0.2, 0.25) is 0 Å². The molecule has 0 aromatic carbocycles. The van der Waals surface area contributed by atoms with Gasteiger partial charge in [-0.1, -0.05) is 19.8 Å². The fourth-order valence-corrected chi connectivity index (χ4v) is 1.15. The molecule has 0 amide bonds. The van der Waals surface area contributed by atoms with Gasteiger partial charge in [-0.05, 0) is 20.3 Å². The number of hydrogen-bond acceptors (Lipinski definition) is 3. The smallest absolute Gasteiger partial charge is 0.304 e. The Morgan fingerprint density at radius 1 is 1.38 bits per heavy atom. The second kappa shape index (κ2) is 6.89. The normalized spacial score (nSPS) is 15.1. The van der Waals surface area contributed by atoms with Gasteiger partial charge in [0.1, 0.15) is 0 Å². The molecule has 2 atom stereocenters. The molecule has 3 nitrogen and oxygen atoms in total. The molecule has 0 N–H and O–H groups in total. The molecule has 0 aromatic rings. The number of unbranched alkanes of at least 4 members (excludes halogenated alkanes) is 1. The summed E-state index contributed by atoms with van der Waals surface area (Å²) in [5, 5.41) is 0. The molecular formula is C10H20O3. The average molecular weight is 188 g/mol. The Morgan fingerprint density at radius 3 is 2.46 bits per heavy atom. The Kier molecular flexibility index (Phi) is 6.59. The molecule has 0 aliphatic carbocycles. The van der Waals surface area contributed by atoms with Gasteiger partial charge in [0.25, 0.3) is 0 Å². The number of hydrogen-bond donors (Lipinski definition) is 0. The molecule has 0 saturated heterocycles. The van der Waals surface area contributed by atoms with Gasteiger partial charge in [-0.3, -0.25) is 4.79 Å². The summed E-state index contributed by atoms with van der Waals surface area (Å²) in [5.74, 6) is -0.296. The van der Waals surface area contributed by atoms with E-state index in [0.29, 0.717) is 0 Å². The van der Waals surface area contributed by atoms with Gasteiger partial charge in [0.2, 0.25) is 0 Å². The van der Waals surface area contributed by atoms with E-state index < -0.39 is 6.29 Å². The highest BCUT2D eigenvalue weighted by Gasteiger charge is 2.09. The predicted molar refractivity (Wildman–Crippen MR) is 51.3 cm³/mol. The summed E-state index contributed by atoms with van der Waals surface area (Å²) in [6.45, 7) is 7.26. The molecule has 0 bridgehead atoms. The molecule has 0 fully saturated rings. The molecule has 0 aliphatic rings. The summed E-state index contributed by atoms with van der Waals surface area (Å²) in [6.07, 6.45) is 3.06. The van der Waals surface area contributed by atoms with Crippen molar-refractivity contribution < 1.29 is 14.3 Å². The van der Waals surface area contributed by atoms with Crippen LogP contribution in [0.5, 0.6) is 0 Å². The maximum absolute atomic E-state index is 10.5. The van der Waals surface area contributed by atoms with Crippen molar-refractivity contribution >= 4 is 5.97 Å². The molecule has 3 heteroatoms. The van der Waals surface area contributed by atoms with Crippen LogP contribution in [0, 0.1) is 0 Å². The lowest BCUT2D eigenvalue weighted by molar-refractivity contribution is -0.181. The summed E-state index contributed by atoms with van der Waals surface area (Å²) >= 11 is 0. The molecule has 2 unspecified atom stereocenters.